The first-order chi connectivity index (χ1) is 18.9. The van der Waals surface area contributed by atoms with Crippen LogP contribution in [0.15, 0.2) is 78.9 Å². The van der Waals surface area contributed by atoms with Crippen LogP contribution in [0.1, 0.15) is 17.5 Å². The fraction of sp³-hybridized carbons (Fsp3) is 0.241. The number of carbonyl (C=O) groups is 3. The summed E-state index contributed by atoms with van der Waals surface area (Å²) in [7, 11) is 0. The molecule has 0 aliphatic carbocycles. The van der Waals surface area contributed by atoms with Gasteiger partial charge in [-0.25, -0.2) is 14.0 Å². The highest BCUT2D eigenvalue weighted by Crippen LogP contribution is 2.25. The van der Waals surface area contributed by atoms with E-state index in [0.29, 0.717) is 22.6 Å². The number of ether oxygens (including phenoxy) is 3. The first-order valence-corrected chi connectivity index (χ1v) is 12.2. The van der Waals surface area contributed by atoms with E-state index < -0.39 is 30.8 Å². The standard InChI is InChI=1S/C29H26FN3O6/c30-22-10-6-20(7-11-22)16-27(34)32-23-12-8-21(9-13-23)19-38-29(36)33-18-25(39-24-4-2-1-3-5-24)17-26(33)28(35)37-15-14-31/h1-13,25-26H,15-19H2,(H,32,34)/t25-,26+/m1/s1. The van der Waals surface area contributed by atoms with E-state index >= 15 is 0 Å². The Labute approximate surface area is 224 Å². The van der Waals surface area contributed by atoms with Crippen molar-refractivity contribution in [2.45, 2.75) is 31.6 Å². The predicted molar refractivity (Wildman–Crippen MR) is 138 cm³/mol. The largest absolute Gasteiger partial charge is 0.488 e. The molecule has 4 rings (SSSR count). The van der Waals surface area contributed by atoms with Gasteiger partial charge in [0.15, 0.2) is 6.61 Å². The summed E-state index contributed by atoms with van der Waals surface area (Å²) in [5.74, 6) is -0.716. The highest BCUT2D eigenvalue weighted by Gasteiger charge is 2.42. The van der Waals surface area contributed by atoms with E-state index in [9.17, 15) is 18.8 Å². The van der Waals surface area contributed by atoms with Crippen molar-refractivity contribution >= 4 is 23.7 Å². The molecular formula is C29H26FN3O6. The first-order valence-electron chi connectivity index (χ1n) is 12.2. The molecule has 2 amide bonds. The van der Waals surface area contributed by atoms with Gasteiger partial charge in [-0.05, 0) is 47.5 Å². The maximum absolute atomic E-state index is 13.0. The molecule has 1 N–H and O–H groups in total. The van der Waals surface area contributed by atoms with Crippen molar-refractivity contribution in [3.05, 3.63) is 95.8 Å². The topological polar surface area (TPSA) is 118 Å². The maximum Gasteiger partial charge on any atom is 0.410 e. The molecule has 1 heterocycles. The fourth-order valence-electron chi connectivity index (χ4n) is 4.10. The Hall–Kier alpha value is -4.91. The lowest BCUT2D eigenvalue weighted by Crippen LogP contribution is -2.41. The lowest BCUT2D eigenvalue weighted by Gasteiger charge is -2.22. The second-order valence-corrected chi connectivity index (χ2v) is 8.83. The minimum Gasteiger partial charge on any atom is -0.488 e. The van der Waals surface area contributed by atoms with Gasteiger partial charge < -0.3 is 19.5 Å². The molecule has 2 atom stereocenters. The minimum absolute atomic E-state index is 0.0662. The summed E-state index contributed by atoms with van der Waals surface area (Å²) < 4.78 is 29.3. The van der Waals surface area contributed by atoms with Crippen LogP contribution in [0.25, 0.3) is 0 Å². The second kappa shape index (κ2) is 13.1. The van der Waals surface area contributed by atoms with E-state index in [2.05, 4.69) is 5.32 Å². The molecule has 0 unspecified atom stereocenters. The van der Waals surface area contributed by atoms with Gasteiger partial charge in [-0.1, -0.05) is 42.5 Å². The van der Waals surface area contributed by atoms with Gasteiger partial charge in [0.25, 0.3) is 0 Å². The minimum atomic E-state index is -0.946. The summed E-state index contributed by atoms with van der Waals surface area (Å²) in [4.78, 5) is 38.9. The number of hydrogen-bond donors (Lipinski definition) is 1. The van der Waals surface area contributed by atoms with E-state index in [0.717, 1.165) is 0 Å². The van der Waals surface area contributed by atoms with Gasteiger partial charge in [0.05, 0.1) is 13.0 Å². The molecule has 0 saturated carbocycles. The maximum atomic E-state index is 13.0. The van der Waals surface area contributed by atoms with Crippen LogP contribution in [0.3, 0.4) is 0 Å². The fourth-order valence-corrected chi connectivity index (χ4v) is 4.10. The Morgan fingerprint density at radius 3 is 2.33 bits per heavy atom. The van der Waals surface area contributed by atoms with E-state index in [4.69, 9.17) is 19.5 Å². The molecular weight excluding hydrogens is 505 g/mol. The first kappa shape index (κ1) is 27.1. The number of amides is 2. The van der Waals surface area contributed by atoms with Crippen molar-refractivity contribution in [1.82, 2.24) is 4.90 Å². The highest BCUT2D eigenvalue weighted by molar-refractivity contribution is 5.92. The molecule has 200 valence electrons. The lowest BCUT2D eigenvalue weighted by molar-refractivity contribution is -0.147. The molecule has 1 fully saturated rings. The Kier molecular flexibility index (Phi) is 9.08. The third-order valence-electron chi connectivity index (χ3n) is 5.97. The van der Waals surface area contributed by atoms with E-state index in [1.54, 1.807) is 54.6 Å². The molecule has 1 aliphatic rings. The van der Waals surface area contributed by atoms with Gasteiger partial charge in [0, 0.05) is 12.1 Å². The van der Waals surface area contributed by atoms with Crippen LogP contribution in [-0.2, 0) is 32.1 Å². The molecule has 0 spiro atoms. The van der Waals surface area contributed by atoms with Crippen molar-refractivity contribution in [3.8, 4) is 11.8 Å². The summed E-state index contributed by atoms with van der Waals surface area (Å²) >= 11 is 0. The molecule has 3 aromatic rings. The summed E-state index contributed by atoms with van der Waals surface area (Å²) in [5.41, 5.74) is 1.91. The molecule has 9 nitrogen and oxygen atoms in total. The number of rotatable bonds is 9. The number of para-hydroxylation sites is 1. The second-order valence-electron chi connectivity index (χ2n) is 8.83. The average molecular weight is 532 g/mol. The van der Waals surface area contributed by atoms with Crippen LogP contribution in [0, 0.1) is 17.1 Å². The third kappa shape index (κ3) is 7.79. The zero-order valence-corrected chi connectivity index (χ0v) is 20.9. The molecule has 0 radical (unpaired) electrons. The van der Waals surface area contributed by atoms with Crippen LogP contribution in [0.2, 0.25) is 0 Å². The van der Waals surface area contributed by atoms with Crippen LogP contribution < -0.4 is 10.1 Å². The molecule has 0 bridgehead atoms. The van der Waals surface area contributed by atoms with E-state index in [1.165, 1.54) is 17.0 Å². The Morgan fingerprint density at radius 2 is 1.64 bits per heavy atom. The van der Waals surface area contributed by atoms with E-state index in [-0.39, 0.29) is 37.7 Å². The van der Waals surface area contributed by atoms with Gasteiger partial charge in [-0.2, -0.15) is 5.26 Å². The van der Waals surface area contributed by atoms with Crippen LogP contribution in [0.4, 0.5) is 14.9 Å². The summed E-state index contributed by atoms with van der Waals surface area (Å²) in [5, 5.41) is 11.5. The van der Waals surface area contributed by atoms with Gasteiger partial charge in [0.2, 0.25) is 5.91 Å². The number of nitrogens with one attached hydrogen (secondary N) is 1. The number of likely N-dealkylation sites (tertiary alicyclic amines) is 1. The van der Waals surface area contributed by atoms with Gasteiger partial charge in [0.1, 0.15) is 36.4 Å². The SMILES string of the molecule is N#CCOC(=O)[C@@H]1C[C@@H](Oc2ccccc2)CN1C(=O)OCc1ccc(NC(=O)Cc2ccc(F)cc2)cc1. The van der Waals surface area contributed by atoms with Crippen molar-refractivity contribution in [1.29, 1.82) is 5.26 Å². The van der Waals surface area contributed by atoms with Crippen molar-refractivity contribution < 1.29 is 33.0 Å². The number of benzene rings is 3. The zero-order valence-electron chi connectivity index (χ0n) is 20.9. The van der Waals surface area contributed by atoms with Gasteiger partial charge in [-0.15, -0.1) is 0 Å². The lowest BCUT2D eigenvalue weighted by atomic mass is 10.1. The molecule has 0 aromatic heterocycles. The predicted octanol–water partition coefficient (Wildman–Crippen LogP) is 4.23. The number of nitriles is 1. The normalized spacial score (nSPS) is 16.2. The van der Waals surface area contributed by atoms with Gasteiger partial charge >= 0.3 is 12.1 Å². The van der Waals surface area contributed by atoms with E-state index in [1.807, 2.05) is 18.2 Å². The summed E-state index contributed by atoms with van der Waals surface area (Å²) in [6.07, 6.45) is -0.884. The zero-order chi connectivity index (χ0) is 27.6. The van der Waals surface area contributed by atoms with Crippen molar-refractivity contribution in [2.75, 3.05) is 18.5 Å². The van der Waals surface area contributed by atoms with Crippen LogP contribution >= 0.6 is 0 Å². The number of nitrogens with zero attached hydrogens (tertiary/aromatic N) is 2. The number of carbonyl (C=O) groups excluding carboxylic acids is 3. The number of hydrogen-bond acceptors (Lipinski definition) is 7. The summed E-state index contributed by atoms with van der Waals surface area (Å²) in [6, 6.07) is 22.3. The van der Waals surface area contributed by atoms with Crippen LogP contribution in [-0.4, -0.2) is 48.2 Å². The third-order valence-corrected chi connectivity index (χ3v) is 5.97. The van der Waals surface area contributed by atoms with Crippen LogP contribution in [0.5, 0.6) is 5.75 Å². The molecule has 39 heavy (non-hydrogen) atoms. The number of esters is 1. The van der Waals surface area contributed by atoms with Gasteiger partial charge in [-0.3, -0.25) is 9.69 Å². The monoisotopic (exact) mass is 531 g/mol. The molecule has 1 aliphatic heterocycles. The molecule has 10 heteroatoms. The van der Waals surface area contributed by atoms with Crippen molar-refractivity contribution in [3.63, 3.8) is 0 Å². The smallest absolute Gasteiger partial charge is 0.410 e. The Balaban J connectivity index is 1.31. The average Bonchev–Trinajstić information content (AvgIpc) is 3.37. The quantitative estimate of drug-likeness (QED) is 0.411. The molecule has 3 aromatic carbocycles. The highest BCUT2D eigenvalue weighted by atomic mass is 19.1. The number of halogens is 1. The Bertz CT molecular complexity index is 1330. The summed E-state index contributed by atoms with van der Waals surface area (Å²) in [6.45, 7) is -0.377. The molecule has 1 saturated heterocycles. The van der Waals surface area contributed by atoms with Crippen molar-refractivity contribution in [2.24, 2.45) is 0 Å². The number of anilines is 1. The Morgan fingerprint density at radius 1 is 0.949 bits per heavy atom.